The summed E-state index contributed by atoms with van der Waals surface area (Å²) in [6.45, 7) is 10.5. The molecule has 1 fully saturated rings. The van der Waals surface area contributed by atoms with E-state index >= 15 is 0 Å². The number of carbonyl (C=O) groups is 2. The number of hydrogen-bond acceptors (Lipinski definition) is 5. The molecular formula is C14H26N2O4. The maximum Gasteiger partial charge on any atom is 0.410 e. The Morgan fingerprint density at radius 3 is 2.20 bits per heavy atom. The van der Waals surface area contributed by atoms with Gasteiger partial charge in [0.25, 0.3) is 0 Å². The van der Waals surface area contributed by atoms with Gasteiger partial charge in [-0.05, 0) is 26.7 Å². The fraction of sp³-hybridized carbons (Fsp3) is 0.857. The highest BCUT2D eigenvalue weighted by atomic mass is 16.6. The van der Waals surface area contributed by atoms with Gasteiger partial charge in [0.05, 0.1) is 7.11 Å². The van der Waals surface area contributed by atoms with Crippen LogP contribution in [0.4, 0.5) is 4.79 Å². The summed E-state index contributed by atoms with van der Waals surface area (Å²) in [5.41, 5.74) is -0.484. The van der Waals surface area contributed by atoms with Gasteiger partial charge in [-0.2, -0.15) is 0 Å². The Morgan fingerprint density at radius 1 is 1.25 bits per heavy atom. The summed E-state index contributed by atoms with van der Waals surface area (Å²) in [6, 6.07) is -0.236. The van der Waals surface area contributed by atoms with Crippen LogP contribution in [0.1, 0.15) is 34.6 Å². The molecule has 1 heterocycles. The Labute approximate surface area is 120 Å². The minimum atomic E-state index is -0.484. The summed E-state index contributed by atoms with van der Waals surface area (Å²) < 4.78 is 10.1. The van der Waals surface area contributed by atoms with E-state index in [9.17, 15) is 9.59 Å². The molecule has 1 saturated heterocycles. The van der Waals surface area contributed by atoms with Gasteiger partial charge < -0.3 is 14.4 Å². The monoisotopic (exact) mass is 286 g/mol. The van der Waals surface area contributed by atoms with Crippen LogP contribution in [0, 0.1) is 5.92 Å². The number of esters is 1. The van der Waals surface area contributed by atoms with Gasteiger partial charge in [-0.15, -0.1) is 0 Å². The summed E-state index contributed by atoms with van der Waals surface area (Å²) in [5, 5.41) is 3.23. The van der Waals surface area contributed by atoms with E-state index in [4.69, 9.17) is 9.47 Å². The first kappa shape index (κ1) is 16.8. The van der Waals surface area contributed by atoms with Crippen LogP contribution in [0.25, 0.3) is 0 Å². The summed E-state index contributed by atoms with van der Waals surface area (Å²) in [4.78, 5) is 25.0. The first-order chi connectivity index (χ1) is 9.14. The number of amides is 1. The molecule has 1 rings (SSSR count). The standard InChI is InChI=1S/C14H26N2O4/c1-9(2)11(12(17)19-6)15-10-7-16(8-10)13(18)20-14(3,4)5/h9-11,15H,7-8H2,1-6H3/t11-/m0/s1. The highest BCUT2D eigenvalue weighted by molar-refractivity contribution is 5.76. The van der Waals surface area contributed by atoms with E-state index in [1.165, 1.54) is 7.11 Å². The van der Waals surface area contributed by atoms with Crippen LogP contribution >= 0.6 is 0 Å². The third kappa shape index (κ3) is 4.67. The molecule has 1 atom stereocenters. The van der Waals surface area contributed by atoms with Crippen molar-refractivity contribution in [3.63, 3.8) is 0 Å². The van der Waals surface area contributed by atoms with E-state index in [0.717, 1.165) is 0 Å². The molecule has 0 aromatic rings. The number of likely N-dealkylation sites (tertiary alicyclic amines) is 1. The van der Waals surface area contributed by atoms with Gasteiger partial charge in [-0.25, -0.2) is 4.79 Å². The fourth-order valence-corrected chi connectivity index (χ4v) is 1.97. The van der Waals surface area contributed by atoms with Gasteiger partial charge in [0.2, 0.25) is 0 Å². The van der Waals surface area contributed by atoms with Crippen LogP contribution in [0.3, 0.4) is 0 Å². The maximum atomic E-state index is 11.8. The van der Waals surface area contributed by atoms with E-state index in [1.807, 2.05) is 34.6 Å². The highest BCUT2D eigenvalue weighted by Gasteiger charge is 2.36. The van der Waals surface area contributed by atoms with Crippen molar-refractivity contribution in [2.45, 2.75) is 52.3 Å². The largest absolute Gasteiger partial charge is 0.468 e. The zero-order valence-electron chi connectivity index (χ0n) is 13.2. The normalized spacial score (nSPS) is 17.6. The van der Waals surface area contributed by atoms with Gasteiger partial charge in [-0.1, -0.05) is 13.8 Å². The minimum absolute atomic E-state index is 0.106. The predicted molar refractivity (Wildman–Crippen MR) is 75.4 cm³/mol. The molecule has 0 unspecified atom stereocenters. The van der Waals surface area contributed by atoms with Crippen LogP contribution in [0.2, 0.25) is 0 Å². The Balaban J connectivity index is 2.41. The third-order valence-electron chi connectivity index (χ3n) is 3.07. The van der Waals surface area contributed by atoms with Crippen molar-refractivity contribution in [3.8, 4) is 0 Å². The molecule has 1 amide bonds. The molecule has 6 heteroatoms. The van der Waals surface area contributed by atoms with Crippen molar-refractivity contribution in [2.75, 3.05) is 20.2 Å². The number of methoxy groups -OCH3 is 1. The Kier molecular flexibility index (Phi) is 5.39. The molecule has 0 aromatic heterocycles. The SMILES string of the molecule is COC(=O)[C@@H](NC1CN(C(=O)OC(C)(C)C)C1)C(C)C. The number of nitrogens with one attached hydrogen (secondary N) is 1. The average Bonchev–Trinajstić information content (AvgIpc) is 2.23. The molecule has 1 N–H and O–H groups in total. The zero-order valence-corrected chi connectivity index (χ0v) is 13.2. The second kappa shape index (κ2) is 6.43. The molecule has 0 aliphatic carbocycles. The number of ether oxygens (including phenoxy) is 2. The summed E-state index contributed by atoms with van der Waals surface area (Å²) in [5.74, 6) is -0.131. The minimum Gasteiger partial charge on any atom is -0.468 e. The molecule has 1 aliphatic rings. The van der Waals surface area contributed by atoms with E-state index < -0.39 is 5.60 Å². The van der Waals surface area contributed by atoms with Crippen LogP contribution in [0.15, 0.2) is 0 Å². The quantitative estimate of drug-likeness (QED) is 0.791. The Hall–Kier alpha value is -1.30. The molecule has 6 nitrogen and oxygen atoms in total. The average molecular weight is 286 g/mol. The van der Waals surface area contributed by atoms with E-state index in [1.54, 1.807) is 4.90 Å². The number of hydrogen-bond donors (Lipinski definition) is 1. The van der Waals surface area contributed by atoms with Crippen LogP contribution < -0.4 is 5.32 Å². The van der Waals surface area contributed by atoms with Crippen LogP contribution in [-0.4, -0.2) is 54.8 Å². The molecule has 0 saturated carbocycles. The van der Waals surface area contributed by atoms with Gasteiger partial charge in [0, 0.05) is 19.1 Å². The number of nitrogens with zero attached hydrogens (tertiary/aromatic N) is 1. The third-order valence-corrected chi connectivity index (χ3v) is 3.07. The summed E-state index contributed by atoms with van der Waals surface area (Å²) >= 11 is 0. The van der Waals surface area contributed by atoms with Crippen molar-refractivity contribution in [1.29, 1.82) is 0 Å². The van der Waals surface area contributed by atoms with E-state index in [-0.39, 0.29) is 30.1 Å². The Bertz CT molecular complexity index is 357. The zero-order chi connectivity index (χ0) is 15.5. The molecule has 0 bridgehead atoms. The lowest BCUT2D eigenvalue weighted by atomic mass is 10.0. The highest BCUT2D eigenvalue weighted by Crippen LogP contribution is 2.16. The van der Waals surface area contributed by atoms with Gasteiger partial charge in [-0.3, -0.25) is 10.1 Å². The number of carbonyl (C=O) groups excluding carboxylic acids is 2. The first-order valence-corrected chi connectivity index (χ1v) is 6.96. The molecule has 0 radical (unpaired) electrons. The van der Waals surface area contributed by atoms with E-state index in [2.05, 4.69) is 5.32 Å². The van der Waals surface area contributed by atoms with Crippen molar-refractivity contribution in [1.82, 2.24) is 10.2 Å². The summed E-state index contributed by atoms with van der Waals surface area (Å²) in [6.07, 6.45) is -0.310. The van der Waals surface area contributed by atoms with E-state index in [0.29, 0.717) is 13.1 Å². The molecule has 0 aromatic carbocycles. The lowest BCUT2D eigenvalue weighted by Gasteiger charge is -2.41. The lowest BCUT2D eigenvalue weighted by molar-refractivity contribution is -0.144. The lowest BCUT2D eigenvalue weighted by Crippen LogP contribution is -2.64. The van der Waals surface area contributed by atoms with Crippen LogP contribution in [0.5, 0.6) is 0 Å². The second-order valence-electron chi connectivity index (χ2n) is 6.49. The smallest absolute Gasteiger partial charge is 0.410 e. The van der Waals surface area contributed by atoms with Gasteiger partial charge in [0.15, 0.2) is 0 Å². The Morgan fingerprint density at radius 2 is 1.80 bits per heavy atom. The topological polar surface area (TPSA) is 67.9 Å². The molecule has 20 heavy (non-hydrogen) atoms. The predicted octanol–water partition coefficient (Wildman–Crippen LogP) is 1.39. The maximum absolute atomic E-state index is 11.8. The van der Waals surface area contributed by atoms with Crippen LogP contribution in [-0.2, 0) is 14.3 Å². The molecule has 1 aliphatic heterocycles. The summed E-state index contributed by atoms with van der Waals surface area (Å²) in [7, 11) is 1.38. The van der Waals surface area contributed by atoms with Crippen molar-refractivity contribution in [3.05, 3.63) is 0 Å². The molecule has 116 valence electrons. The molecular weight excluding hydrogens is 260 g/mol. The van der Waals surface area contributed by atoms with Gasteiger partial charge in [0.1, 0.15) is 11.6 Å². The fourth-order valence-electron chi connectivity index (χ4n) is 1.97. The molecule has 0 spiro atoms. The van der Waals surface area contributed by atoms with Crippen molar-refractivity contribution < 1.29 is 19.1 Å². The van der Waals surface area contributed by atoms with Gasteiger partial charge >= 0.3 is 12.1 Å². The van der Waals surface area contributed by atoms with Crippen molar-refractivity contribution >= 4 is 12.1 Å². The van der Waals surface area contributed by atoms with Crippen molar-refractivity contribution in [2.24, 2.45) is 5.92 Å². The number of rotatable bonds is 4. The first-order valence-electron chi connectivity index (χ1n) is 6.96. The second-order valence-corrected chi connectivity index (χ2v) is 6.49.